The van der Waals surface area contributed by atoms with Crippen LogP contribution in [0.3, 0.4) is 0 Å². The normalized spacial score (nSPS) is 31.1. The first kappa shape index (κ1) is 12.3. The first-order valence-corrected chi connectivity index (χ1v) is 5.72. The van der Waals surface area contributed by atoms with E-state index in [1.54, 1.807) is 0 Å². The molecule has 14 heavy (non-hydrogen) atoms. The summed E-state index contributed by atoms with van der Waals surface area (Å²) in [7, 11) is 0. The van der Waals surface area contributed by atoms with Gasteiger partial charge in [0.25, 0.3) is 0 Å². The average molecular weight is 222 g/mol. The third-order valence-electron chi connectivity index (χ3n) is 3.65. The van der Waals surface area contributed by atoms with E-state index >= 15 is 0 Å². The molecule has 2 aliphatic rings. The Morgan fingerprint density at radius 1 is 1.00 bits per heavy atom. The Balaban J connectivity index is 0.000000980. The predicted octanol–water partition coefficient (Wildman–Crippen LogP) is 2.94. The zero-order valence-electron chi connectivity index (χ0n) is 8.68. The molecule has 1 N–H and O–H groups in total. The van der Waals surface area contributed by atoms with E-state index in [2.05, 4.69) is 5.32 Å². The lowest BCUT2D eigenvalue weighted by Crippen LogP contribution is -2.28. The zero-order chi connectivity index (χ0) is 9.10. The lowest BCUT2D eigenvalue weighted by Gasteiger charge is -2.28. The Hall–Kier alpha value is 0.180. The maximum atomic E-state index is 14.0. The predicted molar refractivity (Wildman–Crippen MR) is 59.7 cm³/mol. The molecule has 84 valence electrons. The molecule has 0 aromatic heterocycles. The summed E-state index contributed by atoms with van der Waals surface area (Å²) in [6.07, 6.45) is 6.64. The summed E-state index contributed by atoms with van der Waals surface area (Å²) in [6, 6.07) is 0. The van der Waals surface area contributed by atoms with Crippen LogP contribution in [0.1, 0.15) is 38.5 Å². The second-order valence-electron chi connectivity index (χ2n) is 4.60. The molecule has 2 atom stereocenters. The van der Waals surface area contributed by atoms with E-state index in [4.69, 9.17) is 0 Å². The molecule has 1 aliphatic heterocycles. The Bertz CT molecular complexity index is 153. The van der Waals surface area contributed by atoms with E-state index < -0.39 is 6.17 Å². The van der Waals surface area contributed by atoms with Gasteiger partial charge in [0.15, 0.2) is 0 Å². The quantitative estimate of drug-likeness (QED) is 0.756. The second kappa shape index (κ2) is 5.92. The highest BCUT2D eigenvalue weighted by Gasteiger charge is 2.31. The number of hydrogen-bond donors (Lipinski definition) is 1. The zero-order valence-corrected chi connectivity index (χ0v) is 9.49. The van der Waals surface area contributed by atoms with Gasteiger partial charge in [0.2, 0.25) is 0 Å². The van der Waals surface area contributed by atoms with Gasteiger partial charge in [0.1, 0.15) is 6.17 Å². The van der Waals surface area contributed by atoms with Crippen molar-refractivity contribution in [3.05, 3.63) is 0 Å². The van der Waals surface area contributed by atoms with Crippen LogP contribution in [0.15, 0.2) is 0 Å². The van der Waals surface area contributed by atoms with Crippen LogP contribution >= 0.6 is 12.4 Å². The topological polar surface area (TPSA) is 12.0 Å². The van der Waals surface area contributed by atoms with Gasteiger partial charge in [-0.15, -0.1) is 12.4 Å². The van der Waals surface area contributed by atoms with Crippen molar-refractivity contribution in [2.75, 3.05) is 13.1 Å². The van der Waals surface area contributed by atoms with Gasteiger partial charge in [-0.3, -0.25) is 0 Å². The summed E-state index contributed by atoms with van der Waals surface area (Å²) in [5, 5.41) is 3.25. The van der Waals surface area contributed by atoms with Crippen molar-refractivity contribution >= 4 is 12.4 Å². The summed E-state index contributed by atoms with van der Waals surface area (Å²) < 4.78 is 14.0. The molecule has 1 saturated carbocycles. The van der Waals surface area contributed by atoms with Gasteiger partial charge in [-0.25, -0.2) is 4.39 Å². The fourth-order valence-corrected chi connectivity index (χ4v) is 2.79. The molecular formula is C11H21ClFN. The molecule has 1 saturated heterocycles. The van der Waals surface area contributed by atoms with Crippen LogP contribution in [0.5, 0.6) is 0 Å². The third-order valence-corrected chi connectivity index (χ3v) is 3.65. The van der Waals surface area contributed by atoms with Gasteiger partial charge in [-0.1, -0.05) is 19.3 Å². The number of nitrogens with one attached hydrogen (secondary N) is 1. The van der Waals surface area contributed by atoms with E-state index in [1.807, 2.05) is 0 Å². The molecule has 0 aromatic carbocycles. The van der Waals surface area contributed by atoms with E-state index in [1.165, 1.54) is 19.3 Å². The fraction of sp³-hybridized carbons (Fsp3) is 1.00. The molecule has 0 spiro atoms. The molecule has 2 unspecified atom stereocenters. The van der Waals surface area contributed by atoms with E-state index in [9.17, 15) is 4.39 Å². The molecule has 3 heteroatoms. The molecule has 0 aromatic rings. The molecule has 0 radical (unpaired) electrons. The van der Waals surface area contributed by atoms with Crippen molar-refractivity contribution in [1.29, 1.82) is 0 Å². The summed E-state index contributed by atoms with van der Waals surface area (Å²) in [5.74, 6) is 0.710. The van der Waals surface area contributed by atoms with Crippen molar-refractivity contribution in [3.8, 4) is 0 Å². The molecule has 1 heterocycles. The highest BCUT2D eigenvalue weighted by atomic mass is 35.5. The van der Waals surface area contributed by atoms with Crippen LogP contribution < -0.4 is 5.32 Å². The Labute approximate surface area is 92.2 Å². The maximum absolute atomic E-state index is 14.0. The minimum atomic E-state index is -0.518. The number of halogens is 2. The van der Waals surface area contributed by atoms with Gasteiger partial charge in [-0.2, -0.15) is 0 Å². The number of hydrogen-bond acceptors (Lipinski definition) is 1. The first-order valence-electron chi connectivity index (χ1n) is 5.72. The largest absolute Gasteiger partial charge is 0.316 e. The van der Waals surface area contributed by atoms with Crippen LogP contribution in [-0.2, 0) is 0 Å². The Morgan fingerprint density at radius 3 is 2.29 bits per heavy atom. The summed E-state index contributed by atoms with van der Waals surface area (Å²) in [6.45, 7) is 1.94. The minimum Gasteiger partial charge on any atom is -0.316 e. The van der Waals surface area contributed by atoms with Crippen molar-refractivity contribution in [1.82, 2.24) is 5.32 Å². The molecule has 1 nitrogen and oxygen atoms in total. The monoisotopic (exact) mass is 221 g/mol. The van der Waals surface area contributed by atoms with Crippen molar-refractivity contribution in [3.63, 3.8) is 0 Å². The first-order chi connectivity index (χ1) is 6.38. The van der Waals surface area contributed by atoms with Crippen molar-refractivity contribution in [2.45, 2.75) is 44.7 Å². The summed E-state index contributed by atoms with van der Waals surface area (Å²) in [5.41, 5.74) is 0. The average Bonchev–Trinajstić information content (AvgIpc) is 2.71. The van der Waals surface area contributed by atoms with Crippen LogP contribution in [0.4, 0.5) is 4.39 Å². The third kappa shape index (κ3) is 2.83. The smallest absolute Gasteiger partial charge is 0.107 e. The van der Waals surface area contributed by atoms with Crippen LogP contribution in [0.25, 0.3) is 0 Å². The Kier molecular flexibility index (Phi) is 5.18. The van der Waals surface area contributed by atoms with Crippen LogP contribution in [0, 0.1) is 11.8 Å². The van der Waals surface area contributed by atoms with Crippen LogP contribution in [-0.4, -0.2) is 19.3 Å². The lowest BCUT2D eigenvalue weighted by molar-refractivity contribution is 0.127. The molecule has 2 fully saturated rings. The lowest BCUT2D eigenvalue weighted by atomic mass is 9.81. The molecule has 2 rings (SSSR count). The van der Waals surface area contributed by atoms with E-state index in [0.29, 0.717) is 11.8 Å². The molecular weight excluding hydrogens is 201 g/mol. The number of rotatable bonds is 2. The van der Waals surface area contributed by atoms with Crippen LogP contribution in [0.2, 0.25) is 0 Å². The highest BCUT2D eigenvalue weighted by Crippen LogP contribution is 2.33. The Morgan fingerprint density at radius 2 is 1.71 bits per heavy atom. The summed E-state index contributed by atoms with van der Waals surface area (Å²) in [4.78, 5) is 0. The second-order valence-corrected chi connectivity index (χ2v) is 4.60. The molecule has 1 aliphatic carbocycles. The molecule has 0 bridgehead atoms. The summed E-state index contributed by atoms with van der Waals surface area (Å²) >= 11 is 0. The fourth-order valence-electron chi connectivity index (χ4n) is 2.79. The highest BCUT2D eigenvalue weighted by molar-refractivity contribution is 5.85. The standard InChI is InChI=1S/C11H20FN.ClH/c12-11(10-6-7-13-8-10)9-4-2-1-3-5-9;/h9-11,13H,1-8H2;1H. The van der Waals surface area contributed by atoms with E-state index in [0.717, 1.165) is 32.4 Å². The van der Waals surface area contributed by atoms with Gasteiger partial charge >= 0.3 is 0 Å². The van der Waals surface area contributed by atoms with E-state index in [-0.39, 0.29) is 12.4 Å². The van der Waals surface area contributed by atoms with Crippen molar-refractivity contribution < 1.29 is 4.39 Å². The van der Waals surface area contributed by atoms with Gasteiger partial charge in [0, 0.05) is 12.5 Å². The van der Waals surface area contributed by atoms with Crippen molar-refractivity contribution in [2.24, 2.45) is 11.8 Å². The van der Waals surface area contributed by atoms with Gasteiger partial charge < -0.3 is 5.32 Å². The maximum Gasteiger partial charge on any atom is 0.107 e. The van der Waals surface area contributed by atoms with Gasteiger partial charge in [0.05, 0.1) is 0 Å². The number of alkyl halides is 1. The molecule has 0 amide bonds. The minimum absolute atomic E-state index is 0. The van der Waals surface area contributed by atoms with Gasteiger partial charge in [-0.05, 0) is 31.7 Å². The SMILES string of the molecule is Cl.FC(C1CCCCC1)C1CCNC1.